The molecule has 0 radical (unpaired) electrons. The zero-order valence-corrected chi connectivity index (χ0v) is 13.6. The van der Waals surface area contributed by atoms with E-state index in [-0.39, 0.29) is 11.4 Å². The van der Waals surface area contributed by atoms with Gasteiger partial charge in [-0.15, -0.1) is 0 Å². The second kappa shape index (κ2) is 6.31. The standard InChI is InChI=1S/C16H14ClFN2O2S/c17-12-1-6-15-11(10-19-16(15)9-12)7-8-20-23(21,22)14-4-2-13(18)3-5-14/h1-6,9-10,19-20H,7-8H2. The minimum Gasteiger partial charge on any atom is -0.361 e. The summed E-state index contributed by atoms with van der Waals surface area (Å²) >= 11 is 5.93. The van der Waals surface area contributed by atoms with Crippen LogP contribution < -0.4 is 4.72 Å². The van der Waals surface area contributed by atoms with Gasteiger partial charge in [0.1, 0.15) is 5.82 Å². The molecule has 0 amide bonds. The Labute approximate surface area is 138 Å². The van der Waals surface area contributed by atoms with Crippen molar-refractivity contribution in [1.82, 2.24) is 9.71 Å². The minimum atomic E-state index is -3.64. The Hall–Kier alpha value is -1.89. The Morgan fingerprint density at radius 2 is 1.87 bits per heavy atom. The summed E-state index contributed by atoms with van der Waals surface area (Å²) in [5.74, 6) is -0.471. The Kier molecular flexibility index (Phi) is 4.39. The molecule has 0 aliphatic rings. The van der Waals surface area contributed by atoms with E-state index in [1.54, 1.807) is 6.07 Å². The fourth-order valence-corrected chi connectivity index (χ4v) is 3.59. The highest BCUT2D eigenvalue weighted by Crippen LogP contribution is 2.22. The van der Waals surface area contributed by atoms with Crippen molar-refractivity contribution >= 4 is 32.5 Å². The van der Waals surface area contributed by atoms with Gasteiger partial charge in [-0.2, -0.15) is 0 Å². The van der Waals surface area contributed by atoms with Gasteiger partial charge >= 0.3 is 0 Å². The van der Waals surface area contributed by atoms with Crippen LogP contribution in [0.15, 0.2) is 53.6 Å². The average Bonchev–Trinajstić information content (AvgIpc) is 2.90. The lowest BCUT2D eigenvalue weighted by atomic mass is 10.1. The molecule has 23 heavy (non-hydrogen) atoms. The number of halogens is 2. The van der Waals surface area contributed by atoms with E-state index in [9.17, 15) is 12.8 Å². The average molecular weight is 353 g/mol. The van der Waals surface area contributed by atoms with Crippen molar-refractivity contribution in [3.05, 3.63) is 65.1 Å². The first-order valence-corrected chi connectivity index (χ1v) is 8.82. The van der Waals surface area contributed by atoms with Crippen molar-refractivity contribution < 1.29 is 12.8 Å². The minimum absolute atomic E-state index is 0.0459. The molecule has 3 aromatic rings. The summed E-state index contributed by atoms with van der Waals surface area (Å²) in [6.45, 7) is 0.245. The topological polar surface area (TPSA) is 62.0 Å². The fraction of sp³-hybridized carbons (Fsp3) is 0.125. The molecule has 2 aromatic carbocycles. The van der Waals surface area contributed by atoms with Crippen LogP contribution in [0.2, 0.25) is 5.02 Å². The van der Waals surface area contributed by atoms with Crippen LogP contribution in [-0.2, 0) is 16.4 Å². The Morgan fingerprint density at radius 1 is 1.13 bits per heavy atom. The third-order valence-corrected chi connectivity index (χ3v) is 5.25. The molecule has 0 atom stereocenters. The van der Waals surface area contributed by atoms with Gasteiger partial charge in [-0.05, 0) is 48.4 Å². The highest BCUT2D eigenvalue weighted by molar-refractivity contribution is 7.89. The van der Waals surface area contributed by atoms with Crippen molar-refractivity contribution in [1.29, 1.82) is 0 Å². The third kappa shape index (κ3) is 3.55. The number of hydrogen-bond acceptors (Lipinski definition) is 2. The SMILES string of the molecule is O=S(=O)(NCCc1c[nH]c2cc(Cl)ccc12)c1ccc(F)cc1. The summed E-state index contributed by atoms with van der Waals surface area (Å²) < 4.78 is 39.6. The smallest absolute Gasteiger partial charge is 0.240 e. The second-order valence-electron chi connectivity index (χ2n) is 5.11. The van der Waals surface area contributed by atoms with Crippen molar-refractivity contribution in [3.8, 4) is 0 Å². The van der Waals surface area contributed by atoms with Crippen LogP contribution in [0.1, 0.15) is 5.56 Å². The first kappa shape index (κ1) is 16.0. The van der Waals surface area contributed by atoms with Crippen LogP contribution >= 0.6 is 11.6 Å². The molecule has 0 saturated carbocycles. The highest BCUT2D eigenvalue weighted by Gasteiger charge is 2.13. The number of fused-ring (bicyclic) bond motifs is 1. The van der Waals surface area contributed by atoms with E-state index in [2.05, 4.69) is 9.71 Å². The second-order valence-corrected chi connectivity index (χ2v) is 7.31. The number of benzene rings is 2. The molecule has 0 aliphatic carbocycles. The molecule has 0 spiro atoms. The molecule has 1 heterocycles. The molecular weight excluding hydrogens is 339 g/mol. The van der Waals surface area contributed by atoms with Crippen molar-refractivity contribution in [2.75, 3.05) is 6.54 Å². The van der Waals surface area contributed by atoms with Gasteiger partial charge in [0.05, 0.1) is 4.90 Å². The number of aromatic nitrogens is 1. The lowest BCUT2D eigenvalue weighted by molar-refractivity contribution is 0.581. The summed E-state index contributed by atoms with van der Waals surface area (Å²) in [4.78, 5) is 3.16. The Balaban J connectivity index is 1.69. The van der Waals surface area contributed by atoms with Crippen LogP contribution in [0.25, 0.3) is 10.9 Å². The summed E-state index contributed by atoms with van der Waals surface area (Å²) in [5, 5.41) is 1.65. The zero-order chi connectivity index (χ0) is 16.4. The summed E-state index contributed by atoms with van der Waals surface area (Å²) in [6.07, 6.45) is 2.37. The van der Waals surface area contributed by atoms with Crippen molar-refractivity contribution in [2.45, 2.75) is 11.3 Å². The predicted molar refractivity (Wildman–Crippen MR) is 88.6 cm³/mol. The number of aromatic amines is 1. The number of hydrogen-bond donors (Lipinski definition) is 2. The van der Waals surface area contributed by atoms with Crippen molar-refractivity contribution in [3.63, 3.8) is 0 Å². The van der Waals surface area contributed by atoms with Crippen LogP contribution in [0.5, 0.6) is 0 Å². The van der Waals surface area contributed by atoms with E-state index in [0.29, 0.717) is 11.4 Å². The van der Waals surface area contributed by atoms with Crippen molar-refractivity contribution in [2.24, 2.45) is 0 Å². The van der Waals surface area contributed by atoms with Crippen LogP contribution in [-0.4, -0.2) is 19.9 Å². The molecule has 0 unspecified atom stereocenters. The molecule has 0 saturated heterocycles. The summed E-state index contributed by atoms with van der Waals surface area (Å²) in [6, 6.07) is 10.2. The van der Waals surface area contributed by atoms with Gasteiger partial charge in [-0.25, -0.2) is 17.5 Å². The number of H-pyrrole nitrogens is 1. The fourth-order valence-electron chi connectivity index (χ4n) is 2.38. The van der Waals surface area contributed by atoms with Gasteiger partial charge in [-0.3, -0.25) is 0 Å². The summed E-state index contributed by atoms with van der Waals surface area (Å²) in [7, 11) is -3.64. The van der Waals surface area contributed by atoms with Gasteiger partial charge in [0.15, 0.2) is 0 Å². The molecular formula is C16H14ClFN2O2S. The molecule has 0 bridgehead atoms. The lowest BCUT2D eigenvalue weighted by Crippen LogP contribution is -2.25. The highest BCUT2D eigenvalue weighted by atomic mass is 35.5. The lowest BCUT2D eigenvalue weighted by Gasteiger charge is -2.06. The van der Waals surface area contributed by atoms with E-state index in [1.807, 2.05) is 18.3 Å². The first-order valence-electron chi connectivity index (χ1n) is 6.96. The maximum absolute atomic E-state index is 12.9. The molecule has 3 rings (SSSR count). The third-order valence-electron chi connectivity index (χ3n) is 3.54. The molecule has 4 nitrogen and oxygen atoms in total. The van der Waals surface area contributed by atoms with E-state index in [1.165, 1.54) is 12.1 Å². The van der Waals surface area contributed by atoms with Gasteiger partial charge < -0.3 is 4.98 Å². The monoisotopic (exact) mass is 352 g/mol. The van der Waals surface area contributed by atoms with Gasteiger partial charge in [0.2, 0.25) is 10.0 Å². The molecule has 2 N–H and O–H groups in total. The summed E-state index contributed by atoms with van der Waals surface area (Å²) in [5.41, 5.74) is 1.91. The maximum Gasteiger partial charge on any atom is 0.240 e. The Bertz CT molecular complexity index is 936. The molecule has 1 aromatic heterocycles. The van der Waals surface area contributed by atoms with Crippen LogP contribution in [0.3, 0.4) is 0 Å². The number of rotatable bonds is 5. The van der Waals surface area contributed by atoms with Crippen LogP contribution in [0.4, 0.5) is 4.39 Å². The normalized spacial score (nSPS) is 11.9. The van der Waals surface area contributed by atoms with E-state index in [4.69, 9.17) is 11.6 Å². The first-order chi connectivity index (χ1) is 11.0. The quantitative estimate of drug-likeness (QED) is 0.738. The van der Waals surface area contributed by atoms with Crippen LogP contribution in [0, 0.1) is 5.82 Å². The largest absolute Gasteiger partial charge is 0.361 e. The van der Waals surface area contributed by atoms with E-state index in [0.717, 1.165) is 28.6 Å². The Morgan fingerprint density at radius 3 is 2.61 bits per heavy atom. The van der Waals surface area contributed by atoms with Gasteiger partial charge in [-0.1, -0.05) is 17.7 Å². The molecule has 0 aliphatic heterocycles. The van der Waals surface area contributed by atoms with Gasteiger partial charge in [0.25, 0.3) is 0 Å². The zero-order valence-electron chi connectivity index (χ0n) is 12.0. The maximum atomic E-state index is 12.9. The van der Waals surface area contributed by atoms with E-state index < -0.39 is 15.8 Å². The number of sulfonamides is 1. The predicted octanol–water partition coefficient (Wildman–Crippen LogP) is 3.48. The molecule has 120 valence electrons. The number of nitrogens with one attached hydrogen (secondary N) is 2. The molecule has 7 heteroatoms. The molecule has 0 fully saturated rings. The van der Waals surface area contributed by atoms with E-state index >= 15 is 0 Å². The van der Waals surface area contributed by atoms with Gasteiger partial charge in [0, 0.05) is 28.7 Å².